The van der Waals surface area contributed by atoms with Crippen LogP contribution in [0.1, 0.15) is 25.6 Å². The van der Waals surface area contributed by atoms with Gasteiger partial charge in [0.25, 0.3) is 5.24 Å². The van der Waals surface area contributed by atoms with Crippen molar-refractivity contribution in [2.75, 3.05) is 12.8 Å². The lowest BCUT2D eigenvalue weighted by Gasteiger charge is -2.01. The number of hydrogen-bond acceptors (Lipinski definition) is 4. The van der Waals surface area contributed by atoms with E-state index in [-0.39, 0.29) is 5.24 Å². The van der Waals surface area contributed by atoms with Crippen molar-refractivity contribution in [3.05, 3.63) is 11.9 Å². The van der Waals surface area contributed by atoms with Crippen LogP contribution in [0.5, 0.6) is 0 Å². The van der Waals surface area contributed by atoms with Crippen LogP contribution in [0.2, 0.25) is 0 Å². The zero-order valence-electron chi connectivity index (χ0n) is 9.23. The predicted octanol–water partition coefficient (Wildman–Crippen LogP) is 1.47. The molecule has 1 aromatic heterocycles. The first-order valence-corrected chi connectivity index (χ1v) is 6.08. The Morgan fingerprint density at radius 3 is 2.93 bits per heavy atom. The Hall–Kier alpha value is -1.04. The normalized spacial score (nSPS) is 10.7. The Morgan fingerprint density at radius 2 is 2.40 bits per heavy atom. The van der Waals surface area contributed by atoms with Crippen LogP contribution in [0.3, 0.4) is 0 Å². The first-order valence-electron chi connectivity index (χ1n) is 4.86. The lowest BCUT2D eigenvalue weighted by molar-refractivity contribution is 0.261. The van der Waals surface area contributed by atoms with Crippen molar-refractivity contribution in [1.82, 2.24) is 20.3 Å². The third-order valence-corrected chi connectivity index (χ3v) is 2.44. The summed E-state index contributed by atoms with van der Waals surface area (Å²) in [4.78, 5) is 10.9. The zero-order valence-corrected chi connectivity index (χ0v) is 10.0. The summed E-state index contributed by atoms with van der Waals surface area (Å²) in [6.07, 6.45) is 4.39. The van der Waals surface area contributed by atoms with Crippen molar-refractivity contribution in [2.45, 2.75) is 26.3 Å². The highest BCUT2D eigenvalue weighted by atomic mass is 32.2. The Morgan fingerprint density at radius 1 is 1.67 bits per heavy atom. The Labute approximate surface area is 93.6 Å². The fraction of sp³-hybridized carbons (Fsp3) is 0.667. The van der Waals surface area contributed by atoms with Gasteiger partial charge in [0.15, 0.2) is 0 Å². The summed E-state index contributed by atoms with van der Waals surface area (Å²) in [5.74, 6) is 0. The van der Waals surface area contributed by atoms with E-state index < -0.39 is 0 Å². The number of aromatic nitrogens is 3. The van der Waals surface area contributed by atoms with Crippen molar-refractivity contribution < 1.29 is 4.79 Å². The number of amides is 1. The third kappa shape index (κ3) is 3.91. The van der Waals surface area contributed by atoms with Gasteiger partial charge in [0.2, 0.25) is 0 Å². The highest BCUT2D eigenvalue weighted by molar-refractivity contribution is 8.12. The number of carbonyl (C=O) groups excluding carboxylic acids is 1. The van der Waals surface area contributed by atoms with Crippen LogP contribution in [-0.4, -0.2) is 33.0 Å². The molecule has 5 nitrogen and oxygen atoms in total. The molecule has 1 rings (SSSR count). The molecule has 0 saturated carbocycles. The monoisotopic (exact) mass is 228 g/mol. The van der Waals surface area contributed by atoms with Crippen LogP contribution in [-0.2, 0) is 6.42 Å². The van der Waals surface area contributed by atoms with Crippen LogP contribution in [0.25, 0.3) is 0 Å². The van der Waals surface area contributed by atoms with Gasteiger partial charge in [0.05, 0.1) is 5.69 Å². The molecule has 0 fully saturated rings. The Kier molecular flexibility index (Phi) is 4.61. The molecule has 0 spiro atoms. The first kappa shape index (κ1) is 12.0. The highest BCUT2D eigenvalue weighted by Crippen LogP contribution is 2.02. The largest absolute Gasteiger partial charge is 0.347 e. The van der Waals surface area contributed by atoms with Gasteiger partial charge in [-0.2, -0.15) is 0 Å². The van der Waals surface area contributed by atoms with Gasteiger partial charge in [-0.05, 0) is 20.1 Å². The smallest absolute Gasteiger partial charge is 0.278 e. The number of nitrogens with one attached hydrogen (secondary N) is 1. The van der Waals surface area contributed by atoms with E-state index in [1.54, 1.807) is 6.26 Å². The molecule has 0 saturated heterocycles. The molecule has 0 atom stereocenters. The standard InChI is InChI=1S/C9H16N4OS/c1-7(2)13-6-8(11-12-13)4-5-10-9(14)15-3/h6-7H,4-5H2,1-3H3,(H,10,14). The molecule has 0 unspecified atom stereocenters. The number of hydrogen-bond donors (Lipinski definition) is 1. The summed E-state index contributed by atoms with van der Waals surface area (Å²) in [5.41, 5.74) is 0.908. The van der Waals surface area contributed by atoms with Gasteiger partial charge in [-0.15, -0.1) is 5.10 Å². The van der Waals surface area contributed by atoms with Crippen molar-refractivity contribution in [1.29, 1.82) is 0 Å². The summed E-state index contributed by atoms with van der Waals surface area (Å²) in [5, 5.41) is 10.8. The van der Waals surface area contributed by atoms with E-state index in [1.807, 2.05) is 24.7 Å². The van der Waals surface area contributed by atoms with Crippen molar-refractivity contribution in [3.63, 3.8) is 0 Å². The number of thioether (sulfide) groups is 1. The summed E-state index contributed by atoms with van der Waals surface area (Å²) in [6, 6.07) is 0.326. The molecule has 15 heavy (non-hydrogen) atoms. The van der Waals surface area contributed by atoms with Gasteiger partial charge in [0, 0.05) is 25.2 Å². The lowest BCUT2D eigenvalue weighted by atomic mass is 10.3. The highest BCUT2D eigenvalue weighted by Gasteiger charge is 2.03. The quantitative estimate of drug-likeness (QED) is 0.848. The summed E-state index contributed by atoms with van der Waals surface area (Å²) in [7, 11) is 0. The van der Waals surface area contributed by atoms with Crippen LogP contribution in [0.4, 0.5) is 4.79 Å². The molecule has 84 valence electrons. The maximum absolute atomic E-state index is 10.9. The fourth-order valence-electron chi connectivity index (χ4n) is 1.05. The molecule has 6 heteroatoms. The maximum Gasteiger partial charge on any atom is 0.278 e. The fourth-order valence-corrected chi connectivity index (χ4v) is 1.29. The molecule has 1 aromatic rings. The molecule has 0 bridgehead atoms. The molecule has 0 aromatic carbocycles. The summed E-state index contributed by atoms with van der Waals surface area (Å²) >= 11 is 1.18. The third-order valence-electron chi connectivity index (χ3n) is 1.92. The molecular weight excluding hydrogens is 212 g/mol. The second kappa shape index (κ2) is 5.75. The second-order valence-electron chi connectivity index (χ2n) is 3.45. The number of carbonyl (C=O) groups is 1. The van der Waals surface area contributed by atoms with Crippen LogP contribution >= 0.6 is 11.8 Å². The summed E-state index contributed by atoms with van der Waals surface area (Å²) < 4.78 is 1.81. The average Bonchev–Trinajstić information content (AvgIpc) is 2.66. The van der Waals surface area contributed by atoms with Gasteiger partial charge < -0.3 is 5.32 Å². The van der Waals surface area contributed by atoms with E-state index in [0.29, 0.717) is 12.6 Å². The molecule has 0 radical (unpaired) electrons. The van der Waals surface area contributed by atoms with Gasteiger partial charge >= 0.3 is 0 Å². The van der Waals surface area contributed by atoms with Crippen molar-refractivity contribution >= 4 is 17.0 Å². The van der Waals surface area contributed by atoms with Crippen LogP contribution in [0.15, 0.2) is 6.20 Å². The topological polar surface area (TPSA) is 59.8 Å². The zero-order chi connectivity index (χ0) is 11.3. The minimum atomic E-state index is -0.00810. The number of nitrogens with zero attached hydrogens (tertiary/aromatic N) is 3. The van der Waals surface area contributed by atoms with Gasteiger partial charge in [-0.25, -0.2) is 4.68 Å². The van der Waals surface area contributed by atoms with E-state index in [2.05, 4.69) is 15.6 Å². The van der Waals surface area contributed by atoms with E-state index in [9.17, 15) is 4.79 Å². The molecule has 1 N–H and O–H groups in total. The van der Waals surface area contributed by atoms with Crippen molar-refractivity contribution in [3.8, 4) is 0 Å². The predicted molar refractivity (Wildman–Crippen MR) is 61.0 cm³/mol. The Bertz CT molecular complexity index is 324. The Balaban J connectivity index is 2.34. The molecule has 0 aliphatic heterocycles. The molecule has 1 amide bonds. The van der Waals surface area contributed by atoms with E-state index in [4.69, 9.17) is 0 Å². The minimum absolute atomic E-state index is 0.00810. The average molecular weight is 228 g/mol. The second-order valence-corrected chi connectivity index (χ2v) is 4.23. The number of rotatable bonds is 4. The first-order chi connectivity index (χ1) is 7.13. The minimum Gasteiger partial charge on any atom is -0.347 e. The van der Waals surface area contributed by atoms with Crippen LogP contribution in [0, 0.1) is 0 Å². The molecule has 0 aliphatic carbocycles. The molecular formula is C9H16N4OS. The van der Waals surface area contributed by atoms with Gasteiger partial charge in [0.1, 0.15) is 0 Å². The van der Waals surface area contributed by atoms with Crippen molar-refractivity contribution in [2.24, 2.45) is 0 Å². The van der Waals surface area contributed by atoms with E-state index in [0.717, 1.165) is 12.1 Å². The van der Waals surface area contributed by atoms with Gasteiger partial charge in [-0.1, -0.05) is 17.0 Å². The van der Waals surface area contributed by atoms with E-state index in [1.165, 1.54) is 11.8 Å². The summed E-state index contributed by atoms with van der Waals surface area (Å²) in [6.45, 7) is 4.71. The maximum atomic E-state index is 10.9. The lowest BCUT2D eigenvalue weighted by Crippen LogP contribution is -2.21. The molecule has 1 heterocycles. The van der Waals surface area contributed by atoms with Crippen LogP contribution < -0.4 is 5.32 Å². The van der Waals surface area contributed by atoms with E-state index >= 15 is 0 Å². The SMILES string of the molecule is CSC(=O)NCCc1cn(C(C)C)nn1. The molecule has 0 aliphatic rings. The van der Waals surface area contributed by atoms with Gasteiger partial charge in [-0.3, -0.25) is 4.79 Å².